The first-order valence-corrected chi connectivity index (χ1v) is 8.45. The fourth-order valence-corrected chi connectivity index (χ4v) is 4.40. The fraction of sp³-hybridized carbons (Fsp3) is 0.211. The number of anilines is 1. The molecule has 22 heavy (non-hydrogen) atoms. The Hall–Kier alpha value is -2.13. The average molecular weight is 307 g/mol. The Kier molecular flexibility index (Phi) is 3.23. The molecule has 0 radical (unpaired) electrons. The summed E-state index contributed by atoms with van der Waals surface area (Å²) in [5.41, 5.74) is 3.46. The van der Waals surface area contributed by atoms with Gasteiger partial charge in [0.15, 0.2) is 0 Å². The maximum Gasteiger partial charge on any atom is 0.268 e. The molecular weight excluding hydrogens is 290 g/mol. The number of rotatable bonds is 1. The SMILES string of the molecule is Cc1c(C(=O)N2CCCc3ccccc32)sc2ccccc12. The number of thiophene rings is 1. The number of fused-ring (bicyclic) bond motifs is 2. The molecule has 110 valence electrons. The minimum Gasteiger partial charge on any atom is -0.307 e. The van der Waals surface area contributed by atoms with E-state index in [0.29, 0.717) is 0 Å². The van der Waals surface area contributed by atoms with Crippen LogP contribution in [0.1, 0.15) is 27.2 Å². The number of amides is 1. The van der Waals surface area contributed by atoms with E-state index in [1.54, 1.807) is 11.3 Å². The molecule has 0 N–H and O–H groups in total. The zero-order valence-corrected chi connectivity index (χ0v) is 13.3. The minimum atomic E-state index is 0.144. The van der Waals surface area contributed by atoms with E-state index in [-0.39, 0.29) is 5.91 Å². The van der Waals surface area contributed by atoms with Gasteiger partial charge >= 0.3 is 0 Å². The van der Waals surface area contributed by atoms with Gasteiger partial charge in [0.25, 0.3) is 5.91 Å². The first kappa shape index (κ1) is 13.5. The molecule has 0 bridgehead atoms. The zero-order chi connectivity index (χ0) is 15.1. The quantitative estimate of drug-likeness (QED) is 0.632. The van der Waals surface area contributed by atoms with Crippen LogP contribution in [0.3, 0.4) is 0 Å². The first-order valence-electron chi connectivity index (χ1n) is 7.63. The van der Waals surface area contributed by atoms with Gasteiger partial charge in [0, 0.05) is 16.9 Å². The molecule has 2 aromatic carbocycles. The van der Waals surface area contributed by atoms with Crippen molar-refractivity contribution in [3.63, 3.8) is 0 Å². The second-order valence-electron chi connectivity index (χ2n) is 5.74. The Morgan fingerprint density at radius 2 is 1.86 bits per heavy atom. The van der Waals surface area contributed by atoms with Crippen molar-refractivity contribution in [1.29, 1.82) is 0 Å². The molecule has 1 aliphatic heterocycles. The number of hydrogen-bond acceptors (Lipinski definition) is 2. The van der Waals surface area contributed by atoms with E-state index in [1.807, 2.05) is 23.1 Å². The Morgan fingerprint density at radius 1 is 1.09 bits per heavy atom. The average Bonchev–Trinajstić information content (AvgIpc) is 2.91. The third kappa shape index (κ3) is 2.04. The molecule has 0 aliphatic carbocycles. The number of carbonyl (C=O) groups excluding carboxylic acids is 1. The van der Waals surface area contributed by atoms with Crippen molar-refractivity contribution >= 4 is 33.0 Å². The molecule has 0 atom stereocenters. The number of carbonyl (C=O) groups is 1. The highest BCUT2D eigenvalue weighted by Crippen LogP contribution is 2.34. The van der Waals surface area contributed by atoms with Crippen molar-refractivity contribution < 1.29 is 4.79 Å². The van der Waals surface area contributed by atoms with Crippen LogP contribution >= 0.6 is 11.3 Å². The molecule has 0 fully saturated rings. The molecule has 2 nitrogen and oxygen atoms in total. The van der Waals surface area contributed by atoms with Crippen LogP contribution in [0, 0.1) is 6.92 Å². The maximum atomic E-state index is 13.1. The summed E-state index contributed by atoms with van der Waals surface area (Å²) < 4.78 is 1.19. The van der Waals surface area contributed by atoms with Gasteiger partial charge in [-0.2, -0.15) is 0 Å². The van der Waals surface area contributed by atoms with Crippen LogP contribution in [0.25, 0.3) is 10.1 Å². The van der Waals surface area contributed by atoms with Crippen LogP contribution in [-0.4, -0.2) is 12.5 Å². The largest absolute Gasteiger partial charge is 0.307 e. The first-order chi connectivity index (χ1) is 10.8. The molecule has 0 spiro atoms. The number of aryl methyl sites for hydroxylation is 2. The van der Waals surface area contributed by atoms with Crippen LogP contribution in [0.5, 0.6) is 0 Å². The Labute approximate surface area is 134 Å². The van der Waals surface area contributed by atoms with Crippen LogP contribution in [0.4, 0.5) is 5.69 Å². The van der Waals surface area contributed by atoms with Crippen molar-refractivity contribution in [2.75, 3.05) is 11.4 Å². The topological polar surface area (TPSA) is 20.3 Å². The normalized spacial score (nSPS) is 14.1. The molecule has 3 heteroatoms. The van der Waals surface area contributed by atoms with Gasteiger partial charge in [0.2, 0.25) is 0 Å². The lowest BCUT2D eigenvalue weighted by molar-refractivity contribution is 0.0988. The Bertz CT molecular complexity index is 865. The van der Waals surface area contributed by atoms with E-state index < -0.39 is 0 Å². The van der Waals surface area contributed by atoms with Gasteiger partial charge < -0.3 is 4.90 Å². The van der Waals surface area contributed by atoms with Gasteiger partial charge in [-0.15, -0.1) is 11.3 Å². The number of para-hydroxylation sites is 1. The summed E-state index contributed by atoms with van der Waals surface area (Å²) in [7, 11) is 0. The lowest BCUT2D eigenvalue weighted by Gasteiger charge is -2.29. The molecule has 4 rings (SSSR count). The zero-order valence-electron chi connectivity index (χ0n) is 12.5. The van der Waals surface area contributed by atoms with E-state index in [4.69, 9.17) is 0 Å². The summed E-state index contributed by atoms with van der Waals surface area (Å²) >= 11 is 1.61. The highest BCUT2D eigenvalue weighted by atomic mass is 32.1. The Morgan fingerprint density at radius 3 is 2.73 bits per heavy atom. The number of hydrogen-bond donors (Lipinski definition) is 0. The van der Waals surface area contributed by atoms with Crippen molar-refractivity contribution in [2.24, 2.45) is 0 Å². The summed E-state index contributed by atoms with van der Waals surface area (Å²) in [6.07, 6.45) is 2.10. The highest BCUT2D eigenvalue weighted by Gasteiger charge is 2.26. The lowest BCUT2D eigenvalue weighted by atomic mass is 10.0. The van der Waals surface area contributed by atoms with Crippen LogP contribution in [0.2, 0.25) is 0 Å². The van der Waals surface area contributed by atoms with Crippen molar-refractivity contribution in [2.45, 2.75) is 19.8 Å². The third-order valence-electron chi connectivity index (χ3n) is 4.39. The summed E-state index contributed by atoms with van der Waals surface area (Å²) in [4.78, 5) is 15.9. The van der Waals surface area contributed by atoms with Crippen molar-refractivity contribution in [1.82, 2.24) is 0 Å². The smallest absolute Gasteiger partial charge is 0.268 e. The molecule has 0 saturated heterocycles. The van der Waals surface area contributed by atoms with E-state index in [2.05, 4.69) is 37.3 Å². The molecule has 0 unspecified atom stereocenters. The molecule has 3 aromatic rings. The van der Waals surface area contributed by atoms with Crippen molar-refractivity contribution in [3.05, 3.63) is 64.5 Å². The van der Waals surface area contributed by atoms with E-state index in [0.717, 1.165) is 35.5 Å². The minimum absolute atomic E-state index is 0.144. The standard InChI is InChI=1S/C19H17NOS/c1-13-15-9-3-5-11-17(15)22-18(13)19(21)20-12-6-8-14-7-2-4-10-16(14)20/h2-5,7,9-11H,6,8,12H2,1H3. The van der Waals surface area contributed by atoms with Gasteiger partial charge in [-0.1, -0.05) is 36.4 Å². The predicted molar refractivity (Wildman–Crippen MR) is 93.0 cm³/mol. The second-order valence-corrected chi connectivity index (χ2v) is 6.79. The lowest BCUT2D eigenvalue weighted by Crippen LogP contribution is -2.35. The number of benzene rings is 2. The van der Waals surface area contributed by atoms with Gasteiger partial charge in [-0.05, 0) is 48.4 Å². The second kappa shape index (κ2) is 5.25. The van der Waals surface area contributed by atoms with Gasteiger partial charge in [0.1, 0.15) is 0 Å². The van der Waals surface area contributed by atoms with Gasteiger partial charge in [0.05, 0.1) is 4.88 Å². The molecular formula is C19H17NOS. The molecule has 2 heterocycles. The fourth-order valence-electron chi connectivity index (χ4n) is 3.25. The summed E-state index contributed by atoms with van der Waals surface area (Å²) in [5, 5.41) is 1.20. The molecule has 0 saturated carbocycles. The molecule has 1 aromatic heterocycles. The molecule has 1 amide bonds. The maximum absolute atomic E-state index is 13.1. The van der Waals surface area contributed by atoms with Crippen LogP contribution < -0.4 is 4.90 Å². The Balaban J connectivity index is 1.80. The van der Waals surface area contributed by atoms with Crippen LogP contribution in [0.15, 0.2) is 48.5 Å². The van der Waals surface area contributed by atoms with E-state index in [9.17, 15) is 4.79 Å². The predicted octanol–water partition coefficient (Wildman–Crippen LogP) is 4.80. The molecule has 1 aliphatic rings. The highest BCUT2D eigenvalue weighted by molar-refractivity contribution is 7.21. The summed E-state index contributed by atoms with van der Waals surface area (Å²) in [6.45, 7) is 2.87. The van der Waals surface area contributed by atoms with E-state index >= 15 is 0 Å². The van der Waals surface area contributed by atoms with Gasteiger partial charge in [-0.3, -0.25) is 4.79 Å². The third-order valence-corrected chi connectivity index (χ3v) is 5.65. The van der Waals surface area contributed by atoms with Crippen LogP contribution in [-0.2, 0) is 6.42 Å². The van der Waals surface area contributed by atoms with Crippen molar-refractivity contribution in [3.8, 4) is 0 Å². The summed E-state index contributed by atoms with van der Waals surface area (Å²) in [5.74, 6) is 0.144. The summed E-state index contributed by atoms with van der Waals surface area (Å²) in [6, 6.07) is 16.5. The van der Waals surface area contributed by atoms with Gasteiger partial charge in [-0.25, -0.2) is 0 Å². The monoisotopic (exact) mass is 307 g/mol. The number of nitrogens with zero attached hydrogens (tertiary/aromatic N) is 1. The van der Waals surface area contributed by atoms with E-state index in [1.165, 1.54) is 15.6 Å².